The van der Waals surface area contributed by atoms with Gasteiger partial charge in [-0.2, -0.15) is 0 Å². The van der Waals surface area contributed by atoms with Crippen molar-refractivity contribution >= 4 is 17.6 Å². The molecule has 9 heteroatoms. The van der Waals surface area contributed by atoms with Crippen LogP contribution in [0.1, 0.15) is 15.9 Å². The third-order valence-corrected chi connectivity index (χ3v) is 3.87. The Morgan fingerprint density at radius 1 is 1.44 bits per heavy atom. The van der Waals surface area contributed by atoms with Crippen molar-refractivity contribution in [3.05, 3.63) is 39.4 Å². The summed E-state index contributed by atoms with van der Waals surface area (Å²) in [4.78, 5) is 37.0. The Hall–Kier alpha value is -2.52. The molecule has 1 fully saturated rings. The average molecular weight is 351 g/mol. The minimum Gasteiger partial charge on any atom is -0.480 e. The van der Waals surface area contributed by atoms with E-state index in [0.29, 0.717) is 31.8 Å². The number of ether oxygens (including phenoxy) is 1. The van der Waals surface area contributed by atoms with Crippen molar-refractivity contribution in [1.82, 2.24) is 9.80 Å². The first-order chi connectivity index (χ1) is 11.8. The molecular weight excluding hydrogens is 330 g/mol. The van der Waals surface area contributed by atoms with Crippen LogP contribution in [0.3, 0.4) is 0 Å². The topological polar surface area (TPSA) is 113 Å². The predicted octanol–water partition coefficient (Wildman–Crippen LogP) is 0.761. The fourth-order valence-corrected chi connectivity index (χ4v) is 2.83. The van der Waals surface area contributed by atoms with Crippen LogP contribution in [-0.4, -0.2) is 77.6 Å². The van der Waals surface area contributed by atoms with Gasteiger partial charge < -0.3 is 14.7 Å². The van der Waals surface area contributed by atoms with Crippen molar-refractivity contribution in [1.29, 1.82) is 0 Å². The molecule has 0 aromatic heterocycles. The molecule has 1 atom stereocenters. The standard InChI is InChI=1S/C16H21N3O6/c1-11-5-12(7-13(6-11)19(23)24)16(22)18-3-4-25-14(9-18)8-17(2)10-15(20)21/h5-7,14H,3-4,8-10H2,1-2H3,(H,20,21). The average Bonchev–Trinajstić information content (AvgIpc) is 2.52. The molecule has 0 radical (unpaired) electrons. The van der Waals surface area contributed by atoms with Gasteiger partial charge in [0.15, 0.2) is 0 Å². The number of non-ortho nitro benzene ring substituents is 1. The molecule has 2 rings (SSSR count). The quantitative estimate of drug-likeness (QED) is 0.594. The van der Waals surface area contributed by atoms with Gasteiger partial charge in [0.25, 0.3) is 11.6 Å². The van der Waals surface area contributed by atoms with E-state index in [1.165, 1.54) is 12.1 Å². The van der Waals surface area contributed by atoms with Gasteiger partial charge in [0, 0.05) is 37.3 Å². The lowest BCUT2D eigenvalue weighted by molar-refractivity contribution is -0.384. The first kappa shape index (κ1) is 18.8. The lowest BCUT2D eigenvalue weighted by Crippen LogP contribution is -2.49. The molecular formula is C16H21N3O6. The SMILES string of the molecule is Cc1cc(C(=O)N2CCOC(CN(C)CC(=O)O)C2)cc([N+](=O)[O-])c1. The summed E-state index contributed by atoms with van der Waals surface area (Å²) in [5.41, 5.74) is 0.796. The van der Waals surface area contributed by atoms with Gasteiger partial charge in [0.05, 0.1) is 24.2 Å². The number of carbonyl (C=O) groups is 2. The van der Waals surface area contributed by atoms with Crippen LogP contribution < -0.4 is 0 Å². The van der Waals surface area contributed by atoms with Crippen LogP contribution in [0.2, 0.25) is 0 Å². The van der Waals surface area contributed by atoms with E-state index < -0.39 is 10.9 Å². The molecule has 9 nitrogen and oxygen atoms in total. The molecule has 1 aromatic rings. The molecule has 1 heterocycles. The van der Waals surface area contributed by atoms with Crippen LogP contribution >= 0.6 is 0 Å². The smallest absolute Gasteiger partial charge is 0.317 e. The van der Waals surface area contributed by atoms with E-state index in [4.69, 9.17) is 9.84 Å². The van der Waals surface area contributed by atoms with Crippen LogP contribution in [0.4, 0.5) is 5.69 Å². The van der Waals surface area contributed by atoms with Gasteiger partial charge in [-0.25, -0.2) is 0 Å². The third-order valence-electron chi connectivity index (χ3n) is 3.87. The van der Waals surface area contributed by atoms with Gasteiger partial charge in [-0.1, -0.05) is 0 Å². The van der Waals surface area contributed by atoms with Crippen molar-refractivity contribution in [3.8, 4) is 0 Å². The number of benzene rings is 1. The molecule has 1 amide bonds. The van der Waals surface area contributed by atoms with Gasteiger partial charge in [0.2, 0.25) is 0 Å². The Labute approximate surface area is 144 Å². The number of aryl methyl sites for hydroxylation is 1. The van der Waals surface area contributed by atoms with Crippen LogP contribution in [0, 0.1) is 17.0 Å². The second-order valence-electron chi connectivity index (χ2n) is 6.15. The number of carbonyl (C=O) groups excluding carboxylic acids is 1. The maximum absolute atomic E-state index is 12.7. The van der Waals surface area contributed by atoms with Crippen LogP contribution in [0.15, 0.2) is 18.2 Å². The number of nitro groups is 1. The van der Waals surface area contributed by atoms with E-state index in [1.807, 2.05) is 0 Å². The number of aliphatic carboxylic acids is 1. The number of carboxylic acid groups (broad SMARTS) is 1. The molecule has 1 aromatic carbocycles. The van der Waals surface area contributed by atoms with Crippen LogP contribution in [-0.2, 0) is 9.53 Å². The summed E-state index contributed by atoms with van der Waals surface area (Å²) in [6, 6.07) is 4.31. The molecule has 0 bridgehead atoms. The summed E-state index contributed by atoms with van der Waals surface area (Å²) in [5, 5.41) is 19.8. The number of likely N-dealkylation sites (N-methyl/N-ethyl adjacent to an activating group) is 1. The Kier molecular flexibility index (Phi) is 6.05. The normalized spacial score (nSPS) is 17.6. The Bertz CT molecular complexity index is 678. The number of hydrogen-bond donors (Lipinski definition) is 1. The summed E-state index contributed by atoms with van der Waals surface area (Å²) < 4.78 is 5.60. The van der Waals surface area contributed by atoms with Crippen molar-refractivity contribution in [3.63, 3.8) is 0 Å². The summed E-state index contributed by atoms with van der Waals surface area (Å²) in [5.74, 6) is -1.22. The minimum absolute atomic E-state index is 0.113. The van der Waals surface area contributed by atoms with E-state index >= 15 is 0 Å². The van der Waals surface area contributed by atoms with Crippen molar-refractivity contribution in [2.75, 3.05) is 39.8 Å². The Morgan fingerprint density at radius 2 is 2.16 bits per heavy atom. The highest BCUT2D eigenvalue weighted by Gasteiger charge is 2.27. The maximum atomic E-state index is 12.7. The summed E-state index contributed by atoms with van der Waals surface area (Å²) in [7, 11) is 1.67. The van der Waals surface area contributed by atoms with E-state index in [1.54, 1.807) is 29.8 Å². The second kappa shape index (κ2) is 8.04. The van der Waals surface area contributed by atoms with Crippen LogP contribution in [0.5, 0.6) is 0 Å². The number of rotatable bonds is 6. The summed E-state index contributed by atoms with van der Waals surface area (Å²) >= 11 is 0. The summed E-state index contributed by atoms with van der Waals surface area (Å²) in [6.45, 7) is 3.00. The number of nitro benzene ring substituents is 1. The fourth-order valence-electron chi connectivity index (χ4n) is 2.83. The lowest BCUT2D eigenvalue weighted by Gasteiger charge is -2.34. The second-order valence-corrected chi connectivity index (χ2v) is 6.15. The first-order valence-electron chi connectivity index (χ1n) is 7.83. The lowest BCUT2D eigenvalue weighted by atomic mass is 10.1. The molecule has 0 spiro atoms. The van der Waals surface area contributed by atoms with Crippen molar-refractivity contribution < 1.29 is 24.4 Å². The fraction of sp³-hybridized carbons (Fsp3) is 0.500. The Balaban J connectivity index is 2.06. The van der Waals surface area contributed by atoms with Gasteiger partial charge in [0.1, 0.15) is 0 Å². The van der Waals surface area contributed by atoms with Gasteiger partial charge >= 0.3 is 5.97 Å². The van der Waals surface area contributed by atoms with Gasteiger partial charge in [-0.15, -0.1) is 0 Å². The molecule has 1 N–H and O–H groups in total. The zero-order valence-corrected chi connectivity index (χ0v) is 14.2. The highest BCUT2D eigenvalue weighted by Crippen LogP contribution is 2.19. The maximum Gasteiger partial charge on any atom is 0.317 e. The van der Waals surface area contributed by atoms with Gasteiger partial charge in [-0.05, 0) is 25.6 Å². The number of amides is 1. The largest absolute Gasteiger partial charge is 0.480 e. The number of morpholine rings is 1. The zero-order valence-electron chi connectivity index (χ0n) is 14.2. The molecule has 1 aliphatic rings. The minimum atomic E-state index is -0.932. The van der Waals surface area contributed by atoms with E-state index in [0.717, 1.165) is 0 Å². The third kappa shape index (κ3) is 5.23. The first-order valence-corrected chi connectivity index (χ1v) is 7.83. The van der Waals surface area contributed by atoms with Gasteiger partial charge in [-0.3, -0.25) is 24.6 Å². The van der Waals surface area contributed by atoms with E-state index in [-0.39, 0.29) is 29.8 Å². The van der Waals surface area contributed by atoms with Crippen molar-refractivity contribution in [2.24, 2.45) is 0 Å². The number of carboxylic acids is 1. The molecule has 136 valence electrons. The zero-order chi connectivity index (χ0) is 18.6. The molecule has 1 unspecified atom stereocenters. The molecule has 1 saturated heterocycles. The monoisotopic (exact) mass is 351 g/mol. The highest BCUT2D eigenvalue weighted by molar-refractivity contribution is 5.95. The molecule has 1 aliphatic heterocycles. The van der Waals surface area contributed by atoms with E-state index in [9.17, 15) is 19.7 Å². The molecule has 0 aliphatic carbocycles. The molecule has 0 saturated carbocycles. The highest BCUT2D eigenvalue weighted by atomic mass is 16.6. The Morgan fingerprint density at radius 3 is 2.80 bits per heavy atom. The molecule has 25 heavy (non-hydrogen) atoms. The van der Waals surface area contributed by atoms with Crippen molar-refractivity contribution in [2.45, 2.75) is 13.0 Å². The number of nitrogens with zero attached hydrogens (tertiary/aromatic N) is 3. The van der Waals surface area contributed by atoms with Crippen LogP contribution in [0.25, 0.3) is 0 Å². The summed E-state index contributed by atoms with van der Waals surface area (Å²) in [6.07, 6.45) is -0.304. The van der Waals surface area contributed by atoms with E-state index in [2.05, 4.69) is 0 Å². The predicted molar refractivity (Wildman–Crippen MR) is 88.6 cm³/mol. The number of hydrogen-bond acceptors (Lipinski definition) is 6.